The van der Waals surface area contributed by atoms with E-state index in [2.05, 4.69) is 22.6 Å². The van der Waals surface area contributed by atoms with E-state index in [1.807, 2.05) is 19.9 Å². The van der Waals surface area contributed by atoms with E-state index in [4.69, 9.17) is 5.11 Å². The summed E-state index contributed by atoms with van der Waals surface area (Å²) < 4.78 is 0.835. The standard InChI is InChI=1S/C10H11IO2/c1-3-7-4-6(2)9(11)8(5-7)10(12)13/h4-5H,3H2,1-2H3,(H,12,13). The summed E-state index contributed by atoms with van der Waals surface area (Å²) in [6, 6.07) is 3.78. The van der Waals surface area contributed by atoms with Crippen LogP contribution >= 0.6 is 22.6 Å². The first kappa shape index (κ1) is 10.5. The van der Waals surface area contributed by atoms with Crippen LogP contribution in [0.2, 0.25) is 0 Å². The maximum atomic E-state index is 10.8. The zero-order chi connectivity index (χ0) is 10.0. The molecule has 3 heteroatoms. The van der Waals surface area contributed by atoms with E-state index in [-0.39, 0.29) is 0 Å². The second-order valence-electron chi connectivity index (χ2n) is 2.93. The number of hydrogen-bond donors (Lipinski definition) is 1. The summed E-state index contributed by atoms with van der Waals surface area (Å²) in [5.74, 6) is -0.845. The van der Waals surface area contributed by atoms with Crippen molar-refractivity contribution in [1.29, 1.82) is 0 Å². The molecular weight excluding hydrogens is 279 g/mol. The third kappa shape index (κ3) is 2.21. The van der Waals surface area contributed by atoms with E-state index in [9.17, 15) is 4.79 Å². The SMILES string of the molecule is CCc1cc(C)c(I)c(C(=O)O)c1. The molecule has 0 bridgehead atoms. The Hall–Kier alpha value is -0.580. The molecule has 0 atom stereocenters. The second kappa shape index (κ2) is 4.09. The summed E-state index contributed by atoms with van der Waals surface area (Å²) in [5.41, 5.74) is 2.53. The quantitative estimate of drug-likeness (QED) is 0.850. The van der Waals surface area contributed by atoms with Crippen LogP contribution in [0, 0.1) is 10.5 Å². The number of carbonyl (C=O) groups is 1. The first-order chi connectivity index (χ1) is 6.06. The zero-order valence-electron chi connectivity index (χ0n) is 7.60. The van der Waals surface area contributed by atoms with Crippen LogP contribution in [0.3, 0.4) is 0 Å². The highest BCUT2D eigenvalue weighted by Crippen LogP contribution is 2.19. The van der Waals surface area contributed by atoms with Gasteiger partial charge in [-0.1, -0.05) is 13.0 Å². The summed E-state index contributed by atoms with van der Waals surface area (Å²) in [4.78, 5) is 10.8. The average molecular weight is 290 g/mol. The maximum absolute atomic E-state index is 10.8. The van der Waals surface area contributed by atoms with Gasteiger partial charge < -0.3 is 5.11 Å². The molecular formula is C10H11IO2. The number of rotatable bonds is 2. The fourth-order valence-electron chi connectivity index (χ4n) is 1.20. The lowest BCUT2D eigenvalue weighted by molar-refractivity contribution is 0.0695. The van der Waals surface area contributed by atoms with Gasteiger partial charge in [0, 0.05) is 3.57 Å². The second-order valence-corrected chi connectivity index (χ2v) is 4.01. The van der Waals surface area contributed by atoms with Crippen LogP contribution in [0.1, 0.15) is 28.4 Å². The number of halogens is 1. The number of aryl methyl sites for hydroxylation is 2. The highest BCUT2D eigenvalue weighted by Gasteiger charge is 2.10. The van der Waals surface area contributed by atoms with Gasteiger partial charge in [0.2, 0.25) is 0 Å². The highest BCUT2D eigenvalue weighted by atomic mass is 127. The molecule has 0 aliphatic carbocycles. The first-order valence-corrected chi connectivity index (χ1v) is 5.16. The first-order valence-electron chi connectivity index (χ1n) is 4.08. The molecule has 70 valence electrons. The van der Waals surface area contributed by atoms with Gasteiger partial charge in [-0.05, 0) is 53.1 Å². The normalized spacial score (nSPS) is 10.1. The molecule has 0 saturated carbocycles. The van der Waals surface area contributed by atoms with Gasteiger partial charge in [-0.2, -0.15) is 0 Å². The van der Waals surface area contributed by atoms with E-state index in [1.54, 1.807) is 6.07 Å². The Morgan fingerprint density at radius 2 is 2.15 bits per heavy atom. The van der Waals surface area contributed by atoms with Crippen molar-refractivity contribution in [3.63, 3.8) is 0 Å². The molecule has 0 radical (unpaired) electrons. The molecule has 2 nitrogen and oxygen atoms in total. The summed E-state index contributed by atoms with van der Waals surface area (Å²) in [6.07, 6.45) is 0.873. The molecule has 0 unspecified atom stereocenters. The van der Waals surface area contributed by atoms with Crippen molar-refractivity contribution < 1.29 is 9.90 Å². The number of benzene rings is 1. The molecule has 1 N–H and O–H groups in total. The number of aromatic carboxylic acids is 1. The van der Waals surface area contributed by atoms with Gasteiger partial charge >= 0.3 is 5.97 Å². The summed E-state index contributed by atoms with van der Waals surface area (Å²) in [5, 5.41) is 8.91. The monoisotopic (exact) mass is 290 g/mol. The van der Waals surface area contributed by atoms with Crippen LogP contribution in [-0.2, 0) is 6.42 Å². The van der Waals surface area contributed by atoms with Crippen molar-refractivity contribution in [2.45, 2.75) is 20.3 Å². The van der Waals surface area contributed by atoms with Crippen molar-refractivity contribution in [2.24, 2.45) is 0 Å². The van der Waals surface area contributed by atoms with Gasteiger partial charge in [0.05, 0.1) is 5.56 Å². The van der Waals surface area contributed by atoms with Crippen molar-refractivity contribution in [3.05, 3.63) is 32.4 Å². The van der Waals surface area contributed by atoms with Gasteiger partial charge in [-0.15, -0.1) is 0 Å². The van der Waals surface area contributed by atoms with E-state index >= 15 is 0 Å². The van der Waals surface area contributed by atoms with Gasteiger partial charge in [0.1, 0.15) is 0 Å². The fraction of sp³-hybridized carbons (Fsp3) is 0.300. The van der Waals surface area contributed by atoms with E-state index in [1.165, 1.54) is 0 Å². The lowest BCUT2D eigenvalue weighted by atomic mass is 10.1. The number of carboxylic acids is 1. The number of hydrogen-bond acceptors (Lipinski definition) is 1. The molecule has 0 saturated heterocycles. The molecule has 13 heavy (non-hydrogen) atoms. The lowest BCUT2D eigenvalue weighted by Crippen LogP contribution is -2.02. The molecule has 1 aromatic carbocycles. The molecule has 0 aromatic heterocycles. The third-order valence-electron chi connectivity index (χ3n) is 1.95. The minimum absolute atomic E-state index is 0.414. The van der Waals surface area contributed by atoms with Gasteiger partial charge in [-0.25, -0.2) is 4.79 Å². The van der Waals surface area contributed by atoms with Crippen LogP contribution in [-0.4, -0.2) is 11.1 Å². The predicted molar refractivity (Wildman–Crippen MR) is 60.2 cm³/mol. The molecule has 1 aromatic rings. The Kier molecular flexibility index (Phi) is 3.30. The van der Waals surface area contributed by atoms with Gasteiger partial charge in [0.25, 0.3) is 0 Å². The van der Waals surface area contributed by atoms with Gasteiger partial charge in [0.15, 0.2) is 0 Å². The Morgan fingerprint density at radius 1 is 1.54 bits per heavy atom. The Labute approximate surface area is 91.1 Å². The van der Waals surface area contributed by atoms with Crippen LogP contribution < -0.4 is 0 Å². The summed E-state index contributed by atoms with van der Waals surface area (Å²) in [6.45, 7) is 3.96. The smallest absolute Gasteiger partial charge is 0.336 e. The Balaban J connectivity index is 3.33. The summed E-state index contributed by atoms with van der Waals surface area (Å²) in [7, 11) is 0. The minimum Gasteiger partial charge on any atom is -0.478 e. The largest absolute Gasteiger partial charge is 0.478 e. The minimum atomic E-state index is -0.845. The van der Waals surface area contributed by atoms with Crippen LogP contribution in [0.4, 0.5) is 0 Å². The van der Waals surface area contributed by atoms with Crippen LogP contribution in [0.15, 0.2) is 12.1 Å². The Morgan fingerprint density at radius 3 is 2.62 bits per heavy atom. The van der Waals surface area contributed by atoms with Crippen LogP contribution in [0.5, 0.6) is 0 Å². The maximum Gasteiger partial charge on any atom is 0.336 e. The molecule has 1 rings (SSSR count). The van der Waals surface area contributed by atoms with E-state index in [0.29, 0.717) is 5.56 Å². The number of carboxylic acid groups (broad SMARTS) is 1. The summed E-state index contributed by atoms with van der Waals surface area (Å²) >= 11 is 2.07. The molecule has 0 fully saturated rings. The lowest BCUT2D eigenvalue weighted by Gasteiger charge is -2.06. The molecule has 0 aliphatic rings. The van der Waals surface area contributed by atoms with Crippen molar-refractivity contribution in [2.75, 3.05) is 0 Å². The zero-order valence-corrected chi connectivity index (χ0v) is 9.75. The molecule has 0 heterocycles. The topological polar surface area (TPSA) is 37.3 Å². The average Bonchev–Trinajstić information content (AvgIpc) is 2.09. The molecule has 0 aliphatic heterocycles. The molecule has 0 spiro atoms. The van der Waals surface area contributed by atoms with Crippen molar-refractivity contribution >= 4 is 28.6 Å². The third-order valence-corrected chi connectivity index (χ3v) is 3.38. The van der Waals surface area contributed by atoms with Crippen LogP contribution in [0.25, 0.3) is 0 Å². The predicted octanol–water partition coefficient (Wildman–Crippen LogP) is 2.86. The van der Waals surface area contributed by atoms with E-state index < -0.39 is 5.97 Å². The van der Waals surface area contributed by atoms with Crippen molar-refractivity contribution in [3.8, 4) is 0 Å². The highest BCUT2D eigenvalue weighted by molar-refractivity contribution is 14.1. The molecule has 0 amide bonds. The fourth-order valence-corrected chi connectivity index (χ4v) is 1.75. The Bertz CT molecular complexity index is 345. The van der Waals surface area contributed by atoms with Gasteiger partial charge in [-0.3, -0.25) is 0 Å². The van der Waals surface area contributed by atoms with E-state index in [0.717, 1.165) is 21.1 Å². The van der Waals surface area contributed by atoms with Crippen molar-refractivity contribution in [1.82, 2.24) is 0 Å².